The number of rotatable bonds is 5. The van der Waals surface area contributed by atoms with Crippen LogP contribution in [0.3, 0.4) is 0 Å². The molecule has 0 spiro atoms. The molecule has 0 radical (unpaired) electrons. The van der Waals surface area contributed by atoms with E-state index in [0.29, 0.717) is 17.4 Å². The quantitative estimate of drug-likeness (QED) is 0.822. The minimum absolute atomic E-state index is 0.207. The van der Waals surface area contributed by atoms with Crippen molar-refractivity contribution in [3.63, 3.8) is 0 Å². The van der Waals surface area contributed by atoms with E-state index in [1.54, 1.807) is 0 Å². The molecule has 17 heavy (non-hydrogen) atoms. The first-order valence-electron chi connectivity index (χ1n) is 6.71. The third-order valence-electron chi connectivity index (χ3n) is 4.69. The standard InChI is InChI=1S/C14H30N2S/c1-11-7-13(3,4)9-14(11,10-15)16(5)12(2)8-17-6/h11-12H,7-10,15H2,1-6H3. The van der Waals surface area contributed by atoms with Crippen LogP contribution in [0.1, 0.15) is 40.5 Å². The molecule has 0 amide bonds. The molecule has 3 unspecified atom stereocenters. The average Bonchev–Trinajstić information content (AvgIpc) is 2.48. The number of hydrogen-bond donors (Lipinski definition) is 1. The van der Waals surface area contributed by atoms with Crippen molar-refractivity contribution in [2.45, 2.75) is 52.1 Å². The molecule has 2 nitrogen and oxygen atoms in total. The fraction of sp³-hybridized carbons (Fsp3) is 1.00. The summed E-state index contributed by atoms with van der Waals surface area (Å²) in [5.74, 6) is 1.88. The number of nitrogens with two attached hydrogens (primary N) is 1. The SMILES string of the molecule is CSCC(C)N(C)C1(CN)CC(C)(C)CC1C. The molecular formula is C14H30N2S. The first kappa shape index (κ1) is 15.3. The van der Waals surface area contributed by atoms with Gasteiger partial charge in [0, 0.05) is 23.9 Å². The fourth-order valence-corrected chi connectivity index (χ4v) is 4.48. The highest BCUT2D eigenvalue weighted by atomic mass is 32.2. The summed E-state index contributed by atoms with van der Waals surface area (Å²) < 4.78 is 0. The Morgan fingerprint density at radius 2 is 2.06 bits per heavy atom. The summed E-state index contributed by atoms with van der Waals surface area (Å²) in [6.45, 7) is 10.3. The van der Waals surface area contributed by atoms with Crippen LogP contribution in [-0.4, -0.2) is 42.1 Å². The van der Waals surface area contributed by atoms with Crippen molar-refractivity contribution < 1.29 is 0 Å². The Kier molecular flexibility index (Phi) is 4.96. The lowest BCUT2D eigenvalue weighted by atomic mass is 9.84. The highest BCUT2D eigenvalue weighted by Crippen LogP contribution is 2.50. The van der Waals surface area contributed by atoms with Crippen LogP contribution in [0.5, 0.6) is 0 Å². The summed E-state index contributed by atoms with van der Waals surface area (Å²) in [4.78, 5) is 2.56. The van der Waals surface area contributed by atoms with Crippen LogP contribution in [0.4, 0.5) is 0 Å². The van der Waals surface area contributed by atoms with Crippen LogP contribution in [0.15, 0.2) is 0 Å². The maximum Gasteiger partial charge on any atom is 0.0362 e. The minimum Gasteiger partial charge on any atom is -0.329 e. The van der Waals surface area contributed by atoms with E-state index in [-0.39, 0.29) is 5.54 Å². The van der Waals surface area contributed by atoms with Crippen LogP contribution in [0.25, 0.3) is 0 Å². The van der Waals surface area contributed by atoms with Gasteiger partial charge in [-0.1, -0.05) is 20.8 Å². The Balaban J connectivity index is 2.89. The molecule has 1 fully saturated rings. The lowest BCUT2D eigenvalue weighted by Crippen LogP contribution is -2.57. The van der Waals surface area contributed by atoms with Crippen molar-refractivity contribution in [1.29, 1.82) is 0 Å². The van der Waals surface area contributed by atoms with Crippen molar-refractivity contribution in [3.05, 3.63) is 0 Å². The van der Waals surface area contributed by atoms with Gasteiger partial charge in [-0.25, -0.2) is 0 Å². The summed E-state index contributed by atoms with van der Waals surface area (Å²) in [7, 11) is 2.27. The predicted octanol–water partition coefficient (Wildman–Crippen LogP) is 2.82. The summed E-state index contributed by atoms with van der Waals surface area (Å²) in [5, 5.41) is 0. The average molecular weight is 258 g/mol. The maximum absolute atomic E-state index is 6.17. The molecule has 0 bridgehead atoms. The van der Waals surface area contributed by atoms with Crippen molar-refractivity contribution in [1.82, 2.24) is 4.90 Å². The van der Waals surface area contributed by atoms with Crippen molar-refractivity contribution in [3.8, 4) is 0 Å². The lowest BCUT2D eigenvalue weighted by Gasteiger charge is -2.45. The van der Waals surface area contributed by atoms with Gasteiger partial charge in [0.1, 0.15) is 0 Å². The normalized spacial score (nSPS) is 34.2. The van der Waals surface area contributed by atoms with E-state index in [4.69, 9.17) is 5.73 Å². The maximum atomic E-state index is 6.17. The summed E-state index contributed by atoms with van der Waals surface area (Å²) in [6, 6.07) is 0.602. The fourth-order valence-electron chi connectivity index (χ4n) is 3.78. The van der Waals surface area contributed by atoms with Crippen LogP contribution in [0, 0.1) is 11.3 Å². The van der Waals surface area contributed by atoms with Gasteiger partial charge in [0.2, 0.25) is 0 Å². The summed E-state index contributed by atoms with van der Waals surface area (Å²) in [6.07, 6.45) is 4.70. The molecule has 1 saturated carbocycles. The zero-order valence-corrected chi connectivity index (χ0v) is 13.2. The summed E-state index contributed by atoms with van der Waals surface area (Å²) in [5.41, 5.74) is 6.81. The van der Waals surface area contributed by atoms with Gasteiger partial charge >= 0.3 is 0 Å². The number of likely N-dealkylation sites (N-methyl/N-ethyl adjacent to an activating group) is 1. The van der Waals surface area contributed by atoms with Crippen molar-refractivity contribution in [2.24, 2.45) is 17.1 Å². The summed E-state index contributed by atoms with van der Waals surface area (Å²) >= 11 is 1.92. The van der Waals surface area contributed by atoms with Crippen LogP contribution in [0.2, 0.25) is 0 Å². The van der Waals surface area contributed by atoms with Crippen molar-refractivity contribution >= 4 is 11.8 Å². The van der Waals surface area contributed by atoms with Crippen LogP contribution < -0.4 is 5.73 Å². The molecule has 1 aliphatic rings. The number of thioether (sulfide) groups is 1. The molecule has 0 saturated heterocycles. The molecule has 2 N–H and O–H groups in total. The Bertz CT molecular complexity index is 255. The molecule has 102 valence electrons. The van der Waals surface area contributed by atoms with Gasteiger partial charge in [0.25, 0.3) is 0 Å². The van der Waals surface area contributed by atoms with E-state index in [0.717, 1.165) is 6.54 Å². The van der Waals surface area contributed by atoms with Gasteiger partial charge in [-0.3, -0.25) is 4.90 Å². The molecule has 3 atom stereocenters. The van der Waals surface area contributed by atoms with Crippen LogP contribution >= 0.6 is 11.8 Å². The highest BCUT2D eigenvalue weighted by Gasteiger charge is 2.50. The molecule has 1 rings (SSSR count). The lowest BCUT2D eigenvalue weighted by molar-refractivity contribution is 0.0594. The second-order valence-corrected chi connectivity index (χ2v) is 7.58. The topological polar surface area (TPSA) is 29.3 Å². The van der Waals surface area contributed by atoms with Gasteiger partial charge in [0.15, 0.2) is 0 Å². The highest BCUT2D eigenvalue weighted by molar-refractivity contribution is 7.98. The van der Waals surface area contributed by atoms with Gasteiger partial charge in [-0.2, -0.15) is 11.8 Å². The Morgan fingerprint density at radius 3 is 2.41 bits per heavy atom. The van der Waals surface area contributed by atoms with Gasteiger partial charge in [-0.05, 0) is 44.4 Å². The van der Waals surface area contributed by atoms with Gasteiger partial charge in [-0.15, -0.1) is 0 Å². The largest absolute Gasteiger partial charge is 0.329 e. The zero-order chi connectivity index (χ0) is 13.3. The van der Waals surface area contributed by atoms with E-state index in [1.807, 2.05) is 11.8 Å². The Morgan fingerprint density at radius 1 is 1.47 bits per heavy atom. The molecule has 0 aromatic carbocycles. The monoisotopic (exact) mass is 258 g/mol. The third-order valence-corrected chi connectivity index (χ3v) is 5.50. The second-order valence-electron chi connectivity index (χ2n) is 6.67. The van der Waals surface area contributed by atoms with Gasteiger partial charge < -0.3 is 5.73 Å². The molecule has 0 aromatic heterocycles. The first-order valence-corrected chi connectivity index (χ1v) is 8.10. The Hall–Kier alpha value is 0.270. The van der Waals surface area contributed by atoms with Crippen molar-refractivity contribution in [2.75, 3.05) is 25.6 Å². The van der Waals surface area contributed by atoms with E-state index < -0.39 is 0 Å². The number of hydrogen-bond acceptors (Lipinski definition) is 3. The molecule has 3 heteroatoms. The van der Waals surface area contributed by atoms with Crippen LogP contribution in [-0.2, 0) is 0 Å². The predicted molar refractivity (Wildman–Crippen MR) is 79.6 cm³/mol. The zero-order valence-electron chi connectivity index (χ0n) is 12.4. The third kappa shape index (κ3) is 2.99. The molecule has 0 aliphatic heterocycles. The minimum atomic E-state index is 0.207. The molecule has 1 aliphatic carbocycles. The van der Waals surface area contributed by atoms with E-state index in [1.165, 1.54) is 18.6 Å². The molecule has 0 heterocycles. The van der Waals surface area contributed by atoms with E-state index in [2.05, 4.69) is 45.9 Å². The Labute approximate surface area is 112 Å². The van der Waals surface area contributed by atoms with E-state index >= 15 is 0 Å². The number of nitrogens with zero attached hydrogens (tertiary/aromatic N) is 1. The molecule has 0 aromatic rings. The van der Waals surface area contributed by atoms with E-state index in [9.17, 15) is 0 Å². The second kappa shape index (κ2) is 5.50. The van der Waals surface area contributed by atoms with Gasteiger partial charge in [0.05, 0.1) is 0 Å². The molecular weight excluding hydrogens is 228 g/mol. The first-order chi connectivity index (χ1) is 7.79. The smallest absolute Gasteiger partial charge is 0.0362 e.